The summed E-state index contributed by atoms with van der Waals surface area (Å²) in [6.07, 6.45) is 2.28. The molecule has 3 aromatic rings. The van der Waals surface area contributed by atoms with Crippen molar-refractivity contribution in [2.75, 3.05) is 39.0 Å². The van der Waals surface area contributed by atoms with Crippen LogP contribution in [0.4, 0.5) is 9.80 Å². The predicted octanol–water partition coefficient (Wildman–Crippen LogP) is 3.93. The Hall–Kier alpha value is -3.58. The number of benzene rings is 2. The maximum atomic E-state index is 13.4. The topological polar surface area (TPSA) is 119 Å². The van der Waals surface area contributed by atoms with Gasteiger partial charge in [0.2, 0.25) is 10.0 Å². The third-order valence-electron chi connectivity index (χ3n) is 7.61. The molecule has 0 spiro atoms. The lowest BCUT2D eigenvalue weighted by atomic mass is 10.0. The first-order valence-electron chi connectivity index (χ1n) is 14.0. The molecule has 2 N–H and O–H groups in total. The van der Waals surface area contributed by atoms with Gasteiger partial charge in [-0.2, -0.15) is 4.31 Å². The number of amides is 4. The van der Waals surface area contributed by atoms with E-state index in [1.807, 2.05) is 24.3 Å². The van der Waals surface area contributed by atoms with E-state index in [0.717, 1.165) is 41.1 Å². The predicted molar refractivity (Wildman–Crippen MR) is 162 cm³/mol. The van der Waals surface area contributed by atoms with Crippen molar-refractivity contribution in [1.29, 1.82) is 0 Å². The molecular formula is C30H35N5O5S2. The van der Waals surface area contributed by atoms with Crippen molar-refractivity contribution in [3.63, 3.8) is 0 Å². The third-order valence-corrected chi connectivity index (χ3v) is 10.6. The highest BCUT2D eigenvalue weighted by Gasteiger charge is 2.31. The average Bonchev–Trinajstić information content (AvgIpc) is 3.34. The number of fused-ring (bicyclic) bond motifs is 2. The van der Waals surface area contributed by atoms with Gasteiger partial charge in [0, 0.05) is 50.7 Å². The van der Waals surface area contributed by atoms with E-state index in [0.29, 0.717) is 43.0 Å². The van der Waals surface area contributed by atoms with E-state index < -0.39 is 27.9 Å². The summed E-state index contributed by atoms with van der Waals surface area (Å²) in [5.41, 5.74) is 3.55. The van der Waals surface area contributed by atoms with Gasteiger partial charge in [-0.1, -0.05) is 31.2 Å². The molecule has 0 bridgehead atoms. The van der Waals surface area contributed by atoms with Crippen LogP contribution in [0.1, 0.15) is 55.6 Å². The van der Waals surface area contributed by atoms with Crippen LogP contribution in [0.5, 0.6) is 0 Å². The fraction of sp³-hybridized carbons (Fsp3) is 0.367. The van der Waals surface area contributed by atoms with Crippen LogP contribution in [-0.4, -0.2) is 74.1 Å². The first kappa shape index (κ1) is 29.9. The number of urea groups is 1. The zero-order valence-corrected chi connectivity index (χ0v) is 25.6. The van der Waals surface area contributed by atoms with Crippen molar-refractivity contribution >= 4 is 44.2 Å². The number of sulfonamides is 1. The van der Waals surface area contributed by atoms with Crippen molar-refractivity contribution in [1.82, 2.24) is 19.4 Å². The number of carbonyl (C=O) groups is 3. The molecule has 2 aromatic carbocycles. The smallest absolute Gasteiger partial charge is 0.323 e. The second-order valence-corrected chi connectivity index (χ2v) is 13.8. The Kier molecular flexibility index (Phi) is 8.78. The van der Waals surface area contributed by atoms with Crippen LogP contribution in [-0.2, 0) is 36.0 Å². The van der Waals surface area contributed by atoms with Crippen LogP contribution in [0.15, 0.2) is 53.4 Å². The SMILES string of the molecule is CCCN1CCc2c(sc(NC(=O)c3ccc(S(=O)(=O)N4CCc5ccccc5C4)cc3)c2C(=O)NC(=O)N(C)C)C1. The minimum absolute atomic E-state index is 0.114. The molecule has 12 heteroatoms. The molecule has 0 saturated heterocycles. The molecular weight excluding hydrogens is 574 g/mol. The molecule has 0 fully saturated rings. The summed E-state index contributed by atoms with van der Waals surface area (Å²) in [6, 6.07) is 13.1. The summed E-state index contributed by atoms with van der Waals surface area (Å²) in [4.78, 5) is 43.5. The highest BCUT2D eigenvalue weighted by Crippen LogP contribution is 2.37. The Morgan fingerprint density at radius 1 is 0.929 bits per heavy atom. The summed E-state index contributed by atoms with van der Waals surface area (Å²) in [7, 11) is -0.651. The van der Waals surface area contributed by atoms with Gasteiger partial charge in [0.15, 0.2) is 0 Å². The molecule has 0 radical (unpaired) electrons. The lowest BCUT2D eigenvalue weighted by Crippen LogP contribution is -2.39. The Morgan fingerprint density at radius 3 is 2.33 bits per heavy atom. The van der Waals surface area contributed by atoms with Crippen molar-refractivity contribution in [3.05, 3.63) is 81.2 Å². The summed E-state index contributed by atoms with van der Waals surface area (Å²) in [5, 5.41) is 5.64. The van der Waals surface area contributed by atoms with Gasteiger partial charge in [-0.05, 0) is 66.8 Å². The lowest BCUT2D eigenvalue weighted by molar-refractivity contribution is 0.0956. The van der Waals surface area contributed by atoms with Gasteiger partial charge < -0.3 is 10.2 Å². The monoisotopic (exact) mass is 609 g/mol. The van der Waals surface area contributed by atoms with Crippen molar-refractivity contribution < 1.29 is 22.8 Å². The van der Waals surface area contributed by atoms with E-state index in [9.17, 15) is 22.8 Å². The summed E-state index contributed by atoms with van der Waals surface area (Å²) >= 11 is 1.34. The molecule has 2 aliphatic rings. The molecule has 3 heterocycles. The molecule has 0 atom stereocenters. The fourth-order valence-corrected chi connectivity index (χ4v) is 8.04. The first-order chi connectivity index (χ1) is 20.1. The largest absolute Gasteiger partial charge is 0.331 e. The van der Waals surface area contributed by atoms with Gasteiger partial charge in [-0.3, -0.25) is 19.8 Å². The zero-order valence-electron chi connectivity index (χ0n) is 24.0. The third kappa shape index (κ3) is 6.12. The summed E-state index contributed by atoms with van der Waals surface area (Å²) < 4.78 is 28.2. The summed E-state index contributed by atoms with van der Waals surface area (Å²) in [5.74, 6) is -1.03. The van der Waals surface area contributed by atoms with Crippen LogP contribution >= 0.6 is 11.3 Å². The minimum atomic E-state index is -3.74. The number of anilines is 1. The molecule has 0 saturated carbocycles. The molecule has 4 amide bonds. The van der Waals surface area contributed by atoms with Crippen LogP contribution in [0.2, 0.25) is 0 Å². The molecule has 1 aromatic heterocycles. The Morgan fingerprint density at radius 2 is 1.64 bits per heavy atom. The zero-order chi connectivity index (χ0) is 30.0. The molecule has 2 aliphatic heterocycles. The fourth-order valence-electron chi connectivity index (χ4n) is 5.34. The van der Waals surface area contributed by atoms with Gasteiger partial charge in [0.1, 0.15) is 5.00 Å². The number of thiophene rings is 1. The van der Waals surface area contributed by atoms with Crippen LogP contribution in [0.25, 0.3) is 0 Å². The highest BCUT2D eigenvalue weighted by molar-refractivity contribution is 7.89. The maximum Gasteiger partial charge on any atom is 0.323 e. The van der Waals surface area contributed by atoms with E-state index in [1.54, 1.807) is 14.1 Å². The Bertz CT molecular complexity index is 1620. The number of hydrogen-bond acceptors (Lipinski definition) is 7. The Balaban J connectivity index is 1.36. The van der Waals surface area contributed by atoms with Gasteiger partial charge in [0.25, 0.3) is 11.8 Å². The van der Waals surface area contributed by atoms with E-state index in [-0.39, 0.29) is 10.5 Å². The van der Waals surface area contributed by atoms with Crippen molar-refractivity contribution in [2.24, 2.45) is 0 Å². The van der Waals surface area contributed by atoms with Crippen LogP contribution in [0, 0.1) is 0 Å². The minimum Gasteiger partial charge on any atom is -0.331 e. The van der Waals surface area contributed by atoms with Gasteiger partial charge in [0.05, 0.1) is 10.5 Å². The first-order valence-corrected chi connectivity index (χ1v) is 16.2. The molecule has 10 nitrogen and oxygen atoms in total. The van der Waals surface area contributed by atoms with E-state index >= 15 is 0 Å². The van der Waals surface area contributed by atoms with E-state index in [4.69, 9.17) is 0 Å². The van der Waals surface area contributed by atoms with E-state index in [1.165, 1.54) is 44.8 Å². The normalized spacial score (nSPS) is 15.4. The second kappa shape index (κ2) is 12.3. The highest BCUT2D eigenvalue weighted by atomic mass is 32.2. The van der Waals surface area contributed by atoms with Crippen LogP contribution in [0.3, 0.4) is 0 Å². The number of imide groups is 1. The van der Waals surface area contributed by atoms with Gasteiger partial charge in [-0.15, -0.1) is 11.3 Å². The second-order valence-electron chi connectivity index (χ2n) is 10.7. The average molecular weight is 610 g/mol. The molecule has 5 rings (SSSR count). The van der Waals surface area contributed by atoms with Gasteiger partial charge >= 0.3 is 6.03 Å². The number of hydrogen-bond donors (Lipinski definition) is 2. The number of rotatable bonds is 7. The Labute approximate surface area is 250 Å². The van der Waals surface area contributed by atoms with Gasteiger partial charge in [-0.25, -0.2) is 13.2 Å². The maximum absolute atomic E-state index is 13.4. The number of nitrogens with one attached hydrogen (secondary N) is 2. The lowest BCUT2D eigenvalue weighted by Gasteiger charge is -2.28. The van der Waals surface area contributed by atoms with Crippen molar-refractivity contribution in [3.8, 4) is 0 Å². The van der Waals surface area contributed by atoms with E-state index in [2.05, 4.69) is 22.5 Å². The number of nitrogens with zero attached hydrogens (tertiary/aromatic N) is 3. The molecule has 0 aliphatic carbocycles. The molecule has 222 valence electrons. The van der Waals surface area contributed by atoms with Crippen LogP contribution < -0.4 is 10.6 Å². The molecule has 0 unspecified atom stereocenters. The standard InChI is InChI=1S/C30H35N5O5S2/c1-4-15-34-16-14-24-25(19-34)41-29(26(24)28(37)32-30(38)33(2)3)31-27(36)21-9-11-23(12-10-21)42(39,40)35-17-13-20-7-5-6-8-22(20)18-35/h5-12H,4,13-19H2,1-3H3,(H,31,36)(H,32,37,38). The van der Waals surface area contributed by atoms with Crippen molar-refractivity contribution in [2.45, 2.75) is 44.2 Å². The quantitative estimate of drug-likeness (QED) is 0.419. The molecule has 42 heavy (non-hydrogen) atoms. The summed E-state index contributed by atoms with van der Waals surface area (Å²) in [6.45, 7) is 5.19. The number of carbonyl (C=O) groups excluding carboxylic acids is 3.